The van der Waals surface area contributed by atoms with Gasteiger partial charge in [-0.15, -0.1) is 0 Å². The molecule has 2 N–H and O–H groups in total. The average molecular weight is 235 g/mol. The molecular weight excluding hydrogens is 218 g/mol. The highest BCUT2D eigenvalue weighted by Crippen LogP contribution is 2.35. The predicted molar refractivity (Wildman–Crippen MR) is 68.5 cm³/mol. The van der Waals surface area contributed by atoms with Crippen LogP contribution in [0.15, 0.2) is 18.2 Å². The fourth-order valence-electron chi connectivity index (χ4n) is 1.96. The maximum absolute atomic E-state index is 11.1. The first-order valence-corrected chi connectivity index (χ1v) is 6.00. The number of nitro benzene ring substituents is 1. The van der Waals surface area contributed by atoms with Crippen molar-refractivity contribution in [1.29, 1.82) is 0 Å². The van der Waals surface area contributed by atoms with E-state index in [2.05, 4.69) is 10.6 Å². The summed E-state index contributed by atoms with van der Waals surface area (Å²) in [5, 5.41) is 17.4. The molecule has 1 aliphatic carbocycles. The quantitative estimate of drug-likeness (QED) is 0.608. The van der Waals surface area contributed by atoms with E-state index in [-0.39, 0.29) is 10.6 Å². The molecule has 5 nitrogen and oxygen atoms in total. The molecule has 0 aromatic heterocycles. The van der Waals surface area contributed by atoms with Gasteiger partial charge in [-0.1, -0.05) is 6.07 Å². The molecule has 1 aromatic carbocycles. The smallest absolute Gasteiger partial charge is 0.315 e. The van der Waals surface area contributed by atoms with Crippen molar-refractivity contribution in [2.45, 2.75) is 32.2 Å². The van der Waals surface area contributed by atoms with Crippen LogP contribution in [0.3, 0.4) is 0 Å². The lowest BCUT2D eigenvalue weighted by Gasteiger charge is -2.27. The van der Waals surface area contributed by atoms with Crippen molar-refractivity contribution < 1.29 is 4.92 Å². The first kappa shape index (κ1) is 11.7. The third kappa shape index (κ3) is 2.49. The van der Waals surface area contributed by atoms with E-state index in [0.29, 0.717) is 24.0 Å². The normalized spacial score (nSPS) is 15.1. The summed E-state index contributed by atoms with van der Waals surface area (Å²) in [6, 6.07) is 5.75. The summed E-state index contributed by atoms with van der Waals surface area (Å²) < 4.78 is 0. The molecular formula is C12H17N3O2. The van der Waals surface area contributed by atoms with Gasteiger partial charge >= 0.3 is 5.69 Å². The predicted octanol–water partition coefficient (Wildman–Crippen LogP) is 2.99. The van der Waals surface area contributed by atoms with Crippen LogP contribution in [0.4, 0.5) is 17.1 Å². The molecule has 0 bridgehead atoms. The van der Waals surface area contributed by atoms with Crippen molar-refractivity contribution in [3.05, 3.63) is 28.3 Å². The Hall–Kier alpha value is -1.78. The Balaban J connectivity index is 2.28. The molecule has 17 heavy (non-hydrogen) atoms. The van der Waals surface area contributed by atoms with E-state index in [1.807, 2.05) is 13.0 Å². The van der Waals surface area contributed by atoms with Crippen LogP contribution in [0.2, 0.25) is 0 Å². The summed E-state index contributed by atoms with van der Waals surface area (Å²) in [6.45, 7) is 2.60. The fourth-order valence-corrected chi connectivity index (χ4v) is 1.96. The Morgan fingerprint density at radius 3 is 2.65 bits per heavy atom. The Labute approximate surface area is 100 Å². The number of benzene rings is 1. The van der Waals surface area contributed by atoms with Crippen molar-refractivity contribution in [2.75, 3.05) is 17.2 Å². The van der Waals surface area contributed by atoms with Crippen molar-refractivity contribution >= 4 is 17.1 Å². The lowest BCUT2D eigenvalue weighted by molar-refractivity contribution is -0.383. The van der Waals surface area contributed by atoms with E-state index in [0.717, 1.165) is 12.8 Å². The Kier molecular flexibility index (Phi) is 3.46. The second-order valence-electron chi connectivity index (χ2n) is 4.26. The SMILES string of the molecule is CCNc1cccc(NC2CCC2)c1[N+](=O)[O-]. The average Bonchev–Trinajstić information content (AvgIpc) is 2.23. The van der Waals surface area contributed by atoms with E-state index < -0.39 is 0 Å². The van der Waals surface area contributed by atoms with E-state index in [9.17, 15) is 10.1 Å². The van der Waals surface area contributed by atoms with Crippen LogP contribution in [-0.4, -0.2) is 17.5 Å². The number of hydrogen-bond donors (Lipinski definition) is 2. The first-order valence-electron chi connectivity index (χ1n) is 6.00. The van der Waals surface area contributed by atoms with Crippen molar-refractivity contribution in [1.82, 2.24) is 0 Å². The van der Waals surface area contributed by atoms with Gasteiger partial charge in [-0.25, -0.2) is 0 Å². The number of anilines is 2. The maximum Gasteiger partial charge on any atom is 0.315 e. The van der Waals surface area contributed by atoms with Crippen molar-refractivity contribution in [3.8, 4) is 0 Å². The second kappa shape index (κ2) is 5.03. The zero-order valence-corrected chi connectivity index (χ0v) is 9.90. The highest BCUT2D eigenvalue weighted by molar-refractivity contribution is 5.76. The number of para-hydroxylation sites is 1. The van der Waals surface area contributed by atoms with E-state index in [1.54, 1.807) is 12.1 Å². The van der Waals surface area contributed by atoms with Gasteiger partial charge in [-0.05, 0) is 38.3 Å². The molecule has 5 heteroatoms. The van der Waals surface area contributed by atoms with Gasteiger partial charge in [0, 0.05) is 12.6 Å². The number of nitrogens with zero attached hydrogens (tertiary/aromatic N) is 1. The zero-order valence-electron chi connectivity index (χ0n) is 9.90. The Morgan fingerprint density at radius 2 is 2.12 bits per heavy atom. The highest BCUT2D eigenvalue weighted by Gasteiger charge is 2.24. The van der Waals surface area contributed by atoms with E-state index in [1.165, 1.54) is 6.42 Å². The summed E-state index contributed by atoms with van der Waals surface area (Å²) >= 11 is 0. The molecule has 1 fully saturated rings. The molecule has 0 radical (unpaired) electrons. The first-order chi connectivity index (χ1) is 8.22. The van der Waals surface area contributed by atoms with Gasteiger partial charge in [0.2, 0.25) is 0 Å². The maximum atomic E-state index is 11.1. The molecule has 0 amide bonds. The van der Waals surface area contributed by atoms with E-state index in [4.69, 9.17) is 0 Å². The molecule has 1 aromatic rings. The van der Waals surface area contributed by atoms with Crippen molar-refractivity contribution in [3.63, 3.8) is 0 Å². The standard InChI is InChI=1S/C12H17N3O2/c1-2-13-10-7-4-8-11(12(10)15(16)17)14-9-5-3-6-9/h4,7-9,13-14H,2-3,5-6H2,1H3. The minimum Gasteiger partial charge on any atom is -0.380 e. The number of nitrogens with one attached hydrogen (secondary N) is 2. The topological polar surface area (TPSA) is 67.2 Å². The van der Waals surface area contributed by atoms with Crippen LogP contribution in [0.5, 0.6) is 0 Å². The number of rotatable bonds is 5. The molecule has 0 heterocycles. The van der Waals surface area contributed by atoms with Crippen LogP contribution in [-0.2, 0) is 0 Å². The van der Waals surface area contributed by atoms with Crippen LogP contribution in [0.25, 0.3) is 0 Å². The second-order valence-corrected chi connectivity index (χ2v) is 4.26. The molecule has 0 unspecified atom stereocenters. The molecule has 92 valence electrons. The minimum absolute atomic E-state index is 0.154. The van der Waals surface area contributed by atoms with Crippen LogP contribution < -0.4 is 10.6 Å². The van der Waals surface area contributed by atoms with Gasteiger partial charge in [0.15, 0.2) is 0 Å². The molecule has 0 atom stereocenters. The molecule has 1 aliphatic rings. The van der Waals surface area contributed by atoms with E-state index >= 15 is 0 Å². The van der Waals surface area contributed by atoms with Gasteiger partial charge in [0.25, 0.3) is 0 Å². The third-order valence-electron chi connectivity index (χ3n) is 3.05. The Bertz CT molecular complexity index is 416. The lowest BCUT2D eigenvalue weighted by atomic mass is 9.93. The van der Waals surface area contributed by atoms with Gasteiger partial charge in [0.05, 0.1) is 4.92 Å². The van der Waals surface area contributed by atoms with Gasteiger partial charge in [-0.2, -0.15) is 0 Å². The zero-order chi connectivity index (χ0) is 12.3. The van der Waals surface area contributed by atoms with Crippen LogP contribution >= 0.6 is 0 Å². The third-order valence-corrected chi connectivity index (χ3v) is 3.05. The highest BCUT2D eigenvalue weighted by atomic mass is 16.6. The molecule has 0 aliphatic heterocycles. The van der Waals surface area contributed by atoms with Gasteiger partial charge < -0.3 is 10.6 Å². The van der Waals surface area contributed by atoms with Crippen LogP contribution in [0, 0.1) is 10.1 Å². The fraction of sp³-hybridized carbons (Fsp3) is 0.500. The van der Waals surface area contributed by atoms with Gasteiger partial charge in [0.1, 0.15) is 11.4 Å². The largest absolute Gasteiger partial charge is 0.380 e. The van der Waals surface area contributed by atoms with Crippen molar-refractivity contribution in [2.24, 2.45) is 0 Å². The summed E-state index contributed by atoms with van der Waals surface area (Å²) in [5.41, 5.74) is 1.36. The van der Waals surface area contributed by atoms with Gasteiger partial charge in [-0.3, -0.25) is 10.1 Å². The Morgan fingerprint density at radius 1 is 1.41 bits per heavy atom. The molecule has 0 saturated heterocycles. The summed E-state index contributed by atoms with van der Waals surface area (Å²) in [4.78, 5) is 10.8. The summed E-state index contributed by atoms with van der Waals surface area (Å²) in [6.07, 6.45) is 3.41. The molecule has 2 rings (SSSR count). The summed E-state index contributed by atoms with van der Waals surface area (Å²) in [5.74, 6) is 0. The molecule has 0 spiro atoms. The summed E-state index contributed by atoms with van der Waals surface area (Å²) in [7, 11) is 0. The monoisotopic (exact) mass is 235 g/mol. The molecule has 1 saturated carbocycles. The minimum atomic E-state index is -0.320. The number of nitro groups is 1. The van der Waals surface area contributed by atoms with Crippen LogP contribution in [0.1, 0.15) is 26.2 Å². The lowest BCUT2D eigenvalue weighted by Crippen LogP contribution is -2.27. The number of hydrogen-bond acceptors (Lipinski definition) is 4.